The van der Waals surface area contributed by atoms with Gasteiger partial charge in [0.1, 0.15) is 5.82 Å². The number of aryl methyl sites for hydroxylation is 1. The quantitative estimate of drug-likeness (QED) is 0.456. The number of aromatic nitrogens is 1. The largest absolute Gasteiger partial charge is 0.414 e. The summed E-state index contributed by atoms with van der Waals surface area (Å²) in [4.78, 5) is 7.19. The van der Waals surface area contributed by atoms with E-state index in [0.29, 0.717) is 12.1 Å². The first kappa shape index (κ1) is 24.7. The van der Waals surface area contributed by atoms with E-state index in [-0.39, 0.29) is 5.04 Å². The number of rotatable bonds is 8. The minimum absolute atomic E-state index is 0.286. The summed E-state index contributed by atoms with van der Waals surface area (Å²) in [6.45, 7) is 17.6. The van der Waals surface area contributed by atoms with Crippen LogP contribution in [0, 0.1) is 12.8 Å². The second-order valence-electron chi connectivity index (χ2n) is 11.6. The van der Waals surface area contributed by atoms with Crippen LogP contribution in [0.2, 0.25) is 18.1 Å². The predicted molar refractivity (Wildman–Crippen MR) is 135 cm³/mol. The fraction of sp³-hybridized carbons (Fsp3) is 0.808. The molecule has 31 heavy (non-hydrogen) atoms. The second-order valence-corrected chi connectivity index (χ2v) is 16.3. The Morgan fingerprint density at radius 1 is 1.10 bits per heavy atom. The first-order chi connectivity index (χ1) is 14.6. The average Bonchev–Trinajstić information content (AvgIpc) is 2.73. The average molecular weight is 446 g/mol. The van der Waals surface area contributed by atoms with Crippen molar-refractivity contribution in [3.63, 3.8) is 0 Å². The summed E-state index contributed by atoms with van der Waals surface area (Å²) in [6, 6.07) is 4.79. The summed E-state index contributed by atoms with van der Waals surface area (Å²) >= 11 is 0. The number of nitrogens with zero attached hydrogens (tertiary/aromatic N) is 2. The van der Waals surface area contributed by atoms with Gasteiger partial charge in [0.2, 0.25) is 0 Å². The van der Waals surface area contributed by atoms with Crippen LogP contribution in [0.15, 0.2) is 18.3 Å². The maximum absolute atomic E-state index is 7.03. The van der Waals surface area contributed by atoms with Crippen molar-refractivity contribution in [3.8, 4) is 0 Å². The summed E-state index contributed by atoms with van der Waals surface area (Å²) < 4.78 is 7.03. The Kier molecular flexibility index (Phi) is 8.62. The number of hydrogen-bond donors (Lipinski definition) is 1. The molecule has 0 bridgehead atoms. The van der Waals surface area contributed by atoms with E-state index in [9.17, 15) is 0 Å². The Bertz CT molecular complexity index is 656. The molecule has 1 saturated heterocycles. The van der Waals surface area contributed by atoms with Gasteiger partial charge in [-0.25, -0.2) is 4.98 Å². The highest BCUT2D eigenvalue weighted by atomic mass is 28.4. The normalized spacial score (nSPS) is 21.2. The minimum Gasteiger partial charge on any atom is -0.414 e. The van der Waals surface area contributed by atoms with Crippen molar-refractivity contribution < 1.29 is 4.43 Å². The molecule has 1 saturated carbocycles. The molecule has 1 aromatic rings. The molecule has 4 nitrogen and oxygen atoms in total. The Balaban J connectivity index is 1.50. The Morgan fingerprint density at radius 3 is 2.35 bits per heavy atom. The molecule has 176 valence electrons. The van der Waals surface area contributed by atoms with Gasteiger partial charge < -0.3 is 14.6 Å². The topological polar surface area (TPSA) is 37.4 Å². The van der Waals surface area contributed by atoms with Crippen molar-refractivity contribution in [2.45, 2.75) is 109 Å². The van der Waals surface area contributed by atoms with Crippen molar-refractivity contribution in [1.82, 2.24) is 9.88 Å². The molecule has 3 rings (SSSR count). The lowest BCUT2D eigenvalue weighted by Gasteiger charge is -2.43. The number of pyridine rings is 1. The monoisotopic (exact) mass is 445 g/mol. The smallest absolute Gasteiger partial charge is 0.192 e. The van der Waals surface area contributed by atoms with Gasteiger partial charge in [0, 0.05) is 38.0 Å². The summed E-state index contributed by atoms with van der Waals surface area (Å²) in [6.07, 6.45) is 13.0. The second kappa shape index (κ2) is 10.8. The van der Waals surface area contributed by atoms with Gasteiger partial charge in [-0.3, -0.25) is 0 Å². The molecule has 1 aliphatic carbocycles. The third-order valence-corrected chi connectivity index (χ3v) is 12.5. The zero-order valence-electron chi connectivity index (χ0n) is 21.0. The van der Waals surface area contributed by atoms with Gasteiger partial charge in [0.15, 0.2) is 8.32 Å². The molecule has 1 atom stereocenters. The van der Waals surface area contributed by atoms with Gasteiger partial charge in [-0.15, -0.1) is 0 Å². The highest BCUT2D eigenvalue weighted by molar-refractivity contribution is 6.74. The van der Waals surface area contributed by atoms with Crippen LogP contribution >= 0.6 is 0 Å². The molecular weight excluding hydrogens is 398 g/mol. The Labute approximate surface area is 192 Å². The SMILES string of the molecule is Cc1ccc(NC2CCN(CCC(O[Si](C)(C)C(C)(C)C)C3CCCCC3)CC2)nc1. The van der Waals surface area contributed by atoms with E-state index >= 15 is 0 Å². The molecule has 2 heterocycles. The van der Waals surface area contributed by atoms with Crippen LogP contribution in [0.3, 0.4) is 0 Å². The molecule has 1 N–H and O–H groups in total. The van der Waals surface area contributed by atoms with Gasteiger partial charge in [-0.2, -0.15) is 0 Å². The Hall–Kier alpha value is -0.913. The third kappa shape index (κ3) is 7.30. The van der Waals surface area contributed by atoms with Gasteiger partial charge >= 0.3 is 0 Å². The summed E-state index contributed by atoms with van der Waals surface area (Å²) in [5.74, 6) is 1.79. The van der Waals surface area contributed by atoms with Crippen LogP contribution in [0.25, 0.3) is 0 Å². The van der Waals surface area contributed by atoms with E-state index in [2.05, 4.69) is 68.1 Å². The van der Waals surface area contributed by atoms with Gasteiger partial charge in [0.05, 0.1) is 0 Å². The van der Waals surface area contributed by atoms with Crippen LogP contribution in [0.4, 0.5) is 5.82 Å². The summed E-state index contributed by atoms with van der Waals surface area (Å²) in [5.41, 5.74) is 1.22. The zero-order chi connectivity index (χ0) is 22.5. The van der Waals surface area contributed by atoms with E-state index in [4.69, 9.17) is 4.43 Å². The fourth-order valence-electron chi connectivity index (χ4n) is 4.83. The van der Waals surface area contributed by atoms with E-state index in [1.165, 1.54) is 76.6 Å². The number of hydrogen-bond acceptors (Lipinski definition) is 4. The van der Waals surface area contributed by atoms with Crippen molar-refractivity contribution in [3.05, 3.63) is 23.9 Å². The number of piperidine rings is 1. The highest BCUT2D eigenvalue weighted by Gasteiger charge is 2.41. The molecule has 0 radical (unpaired) electrons. The van der Waals surface area contributed by atoms with Gasteiger partial charge in [0.25, 0.3) is 0 Å². The molecule has 2 fully saturated rings. The van der Waals surface area contributed by atoms with Crippen LogP contribution in [0.5, 0.6) is 0 Å². The molecule has 2 aliphatic rings. The van der Waals surface area contributed by atoms with E-state index in [1.807, 2.05) is 6.20 Å². The lowest BCUT2D eigenvalue weighted by atomic mass is 9.84. The van der Waals surface area contributed by atoms with Crippen molar-refractivity contribution in [2.24, 2.45) is 5.92 Å². The lowest BCUT2D eigenvalue weighted by Crippen LogP contribution is -2.47. The molecule has 1 aromatic heterocycles. The van der Waals surface area contributed by atoms with Crippen LogP contribution < -0.4 is 5.32 Å². The zero-order valence-corrected chi connectivity index (χ0v) is 22.0. The first-order valence-electron chi connectivity index (χ1n) is 12.7. The number of likely N-dealkylation sites (tertiary alicyclic amines) is 1. The fourth-order valence-corrected chi connectivity index (χ4v) is 6.25. The van der Waals surface area contributed by atoms with Crippen LogP contribution in [-0.4, -0.2) is 50.0 Å². The van der Waals surface area contributed by atoms with E-state index in [1.54, 1.807) is 0 Å². The molecular formula is C26H47N3OSi. The molecule has 0 amide bonds. The van der Waals surface area contributed by atoms with Gasteiger partial charge in [-0.1, -0.05) is 46.1 Å². The summed E-state index contributed by atoms with van der Waals surface area (Å²) in [7, 11) is -1.73. The Morgan fingerprint density at radius 2 is 1.77 bits per heavy atom. The number of anilines is 1. The highest BCUT2D eigenvalue weighted by Crippen LogP contribution is 2.40. The van der Waals surface area contributed by atoms with E-state index < -0.39 is 8.32 Å². The lowest BCUT2D eigenvalue weighted by molar-refractivity contribution is 0.0713. The van der Waals surface area contributed by atoms with E-state index in [0.717, 1.165) is 11.7 Å². The van der Waals surface area contributed by atoms with Crippen LogP contribution in [-0.2, 0) is 4.43 Å². The summed E-state index contributed by atoms with van der Waals surface area (Å²) in [5, 5.41) is 3.92. The molecule has 0 spiro atoms. The maximum Gasteiger partial charge on any atom is 0.192 e. The maximum atomic E-state index is 7.03. The van der Waals surface area contributed by atoms with Crippen molar-refractivity contribution in [1.29, 1.82) is 0 Å². The van der Waals surface area contributed by atoms with Gasteiger partial charge in [-0.05, 0) is 74.7 Å². The minimum atomic E-state index is -1.73. The first-order valence-corrected chi connectivity index (χ1v) is 15.6. The molecule has 5 heteroatoms. The standard InChI is InChI=1S/C26H47N3OSi/c1-21-12-13-25(27-20-21)28-23-14-17-29(18-15-23)19-16-24(22-10-8-7-9-11-22)30-31(5,6)26(2,3)4/h12-13,20,22-24H,7-11,14-19H2,1-6H3,(H,27,28). The molecule has 1 unspecified atom stereocenters. The third-order valence-electron chi connectivity index (χ3n) is 8.01. The number of nitrogens with one attached hydrogen (secondary N) is 1. The predicted octanol–water partition coefficient (Wildman–Crippen LogP) is 6.63. The van der Waals surface area contributed by atoms with Crippen molar-refractivity contribution in [2.75, 3.05) is 25.0 Å². The molecule has 0 aromatic carbocycles. The molecule has 1 aliphatic heterocycles. The van der Waals surface area contributed by atoms with Crippen molar-refractivity contribution >= 4 is 14.1 Å². The van der Waals surface area contributed by atoms with Crippen LogP contribution in [0.1, 0.15) is 77.7 Å².